The predicted octanol–water partition coefficient (Wildman–Crippen LogP) is 3.21. The minimum atomic E-state index is -0.738. The number of carbonyl (C=O) groups is 3. The molecular weight excluding hydrogens is 413 g/mol. The number of halogens is 1. The number of aromatic nitrogens is 1. The van der Waals surface area contributed by atoms with Crippen molar-refractivity contribution in [1.82, 2.24) is 4.98 Å². The van der Waals surface area contributed by atoms with Crippen molar-refractivity contribution in [2.24, 2.45) is 0 Å². The number of nitrogens with zero attached hydrogens (tertiary/aromatic N) is 1. The van der Waals surface area contributed by atoms with Gasteiger partial charge in [0.1, 0.15) is 11.4 Å². The van der Waals surface area contributed by atoms with Crippen LogP contribution in [0, 0.1) is 5.82 Å². The molecule has 30 heavy (non-hydrogen) atoms. The third-order valence-electron chi connectivity index (χ3n) is 3.95. The van der Waals surface area contributed by atoms with Crippen LogP contribution in [-0.4, -0.2) is 35.0 Å². The first-order valence-corrected chi connectivity index (χ1v) is 9.47. The minimum Gasteiger partial charge on any atom is -0.505 e. The van der Waals surface area contributed by atoms with Gasteiger partial charge < -0.3 is 15.2 Å². The molecule has 0 saturated heterocycles. The summed E-state index contributed by atoms with van der Waals surface area (Å²) in [4.78, 5) is 40.2. The molecule has 2 amide bonds. The second kappa shape index (κ2) is 9.14. The van der Waals surface area contributed by atoms with Crippen molar-refractivity contribution in [2.45, 2.75) is 6.42 Å². The van der Waals surface area contributed by atoms with Gasteiger partial charge in [0.05, 0.1) is 30.5 Å². The van der Waals surface area contributed by atoms with Crippen LogP contribution < -0.4 is 10.6 Å². The van der Waals surface area contributed by atoms with E-state index in [1.807, 2.05) is 0 Å². The first-order chi connectivity index (χ1) is 14.4. The topological polar surface area (TPSA) is 118 Å². The van der Waals surface area contributed by atoms with Gasteiger partial charge in [-0.05, 0) is 24.3 Å². The van der Waals surface area contributed by atoms with E-state index >= 15 is 0 Å². The van der Waals surface area contributed by atoms with Crippen molar-refractivity contribution in [2.75, 3.05) is 17.7 Å². The Labute approximate surface area is 174 Å². The van der Waals surface area contributed by atoms with Crippen molar-refractivity contribution in [3.05, 3.63) is 70.5 Å². The summed E-state index contributed by atoms with van der Waals surface area (Å²) in [7, 11) is 1.18. The fraction of sp³-hybridized carbons (Fsp3) is 0.100. The molecule has 0 fully saturated rings. The number of phenols is 1. The summed E-state index contributed by atoms with van der Waals surface area (Å²) in [5.41, 5.74) is 0.214. The highest BCUT2D eigenvalue weighted by molar-refractivity contribution is 7.14. The van der Waals surface area contributed by atoms with Crippen LogP contribution in [0.25, 0.3) is 0 Å². The molecule has 154 valence electrons. The minimum absolute atomic E-state index is 0.0474. The van der Waals surface area contributed by atoms with E-state index in [1.54, 1.807) is 11.4 Å². The number of anilines is 2. The van der Waals surface area contributed by atoms with Gasteiger partial charge in [0.15, 0.2) is 10.9 Å². The summed E-state index contributed by atoms with van der Waals surface area (Å²) < 4.78 is 18.2. The number of ether oxygens (including phenoxy) is 1. The summed E-state index contributed by atoms with van der Waals surface area (Å²) in [6.45, 7) is 0. The fourth-order valence-electron chi connectivity index (χ4n) is 2.53. The standard InChI is InChI=1S/C20H16FN3O5S/c1-29-19(28)13-6-4-8-15(17(13)26)23-16(25)9-11-10-30-20(22-11)24-18(27)12-5-2-3-7-14(12)21/h2-8,10,26H,9H2,1H3,(H,23,25)(H,22,24,27). The zero-order chi connectivity index (χ0) is 21.7. The van der Waals surface area contributed by atoms with Crippen molar-refractivity contribution < 1.29 is 28.6 Å². The number of rotatable bonds is 6. The molecule has 0 saturated carbocycles. The third-order valence-corrected chi connectivity index (χ3v) is 4.75. The SMILES string of the molecule is COC(=O)c1cccc(NC(=O)Cc2csc(NC(=O)c3ccccc3F)n2)c1O. The molecule has 0 aliphatic rings. The average Bonchev–Trinajstić information content (AvgIpc) is 3.15. The van der Waals surface area contributed by atoms with Gasteiger partial charge in [-0.3, -0.25) is 14.9 Å². The Morgan fingerprint density at radius 3 is 2.57 bits per heavy atom. The Bertz CT molecular complexity index is 1120. The van der Waals surface area contributed by atoms with E-state index in [2.05, 4.69) is 20.4 Å². The maximum Gasteiger partial charge on any atom is 0.341 e. The van der Waals surface area contributed by atoms with Crippen molar-refractivity contribution in [1.29, 1.82) is 0 Å². The van der Waals surface area contributed by atoms with E-state index in [1.165, 1.54) is 43.5 Å². The summed E-state index contributed by atoms with van der Waals surface area (Å²) >= 11 is 1.08. The number of nitrogens with one attached hydrogen (secondary N) is 2. The molecule has 2 aromatic carbocycles. The van der Waals surface area contributed by atoms with Crippen LogP contribution in [0.5, 0.6) is 5.75 Å². The van der Waals surface area contributed by atoms with Crippen LogP contribution >= 0.6 is 11.3 Å². The maximum absolute atomic E-state index is 13.7. The summed E-state index contributed by atoms with van der Waals surface area (Å²) in [5.74, 6) is -2.94. The number of aromatic hydroxyl groups is 1. The molecule has 1 aromatic heterocycles. The first kappa shape index (κ1) is 20.9. The molecule has 0 spiro atoms. The monoisotopic (exact) mass is 429 g/mol. The largest absolute Gasteiger partial charge is 0.505 e. The van der Waals surface area contributed by atoms with E-state index < -0.39 is 29.4 Å². The highest BCUT2D eigenvalue weighted by Gasteiger charge is 2.17. The molecule has 3 N–H and O–H groups in total. The maximum atomic E-state index is 13.7. The van der Waals surface area contributed by atoms with Gasteiger partial charge >= 0.3 is 5.97 Å². The number of hydrogen-bond donors (Lipinski definition) is 3. The number of carbonyl (C=O) groups excluding carboxylic acids is 3. The van der Waals surface area contributed by atoms with E-state index in [-0.39, 0.29) is 28.4 Å². The highest BCUT2D eigenvalue weighted by atomic mass is 32.1. The van der Waals surface area contributed by atoms with Crippen LogP contribution in [0.15, 0.2) is 47.8 Å². The van der Waals surface area contributed by atoms with Gasteiger partial charge in [0.2, 0.25) is 5.91 Å². The van der Waals surface area contributed by atoms with Gasteiger partial charge in [0, 0.05) is 5.38 Å². The van der Waals surface area contributed by atoms with Gasteiger partial charge in [-0.15, -0.1) is 11.3 Å². The number of para-hydroxylation sites is 1. The Hall–Kier alpha value is -3.79. The fourth-order valence-corrected chi connectivity index (χ4v) is 3.24. The van der Waals surface area contributed by atoms with Crippen LogP contribution in [0.2, 0.25) is 0 Å². The molecular formula is C20H16FN3O5S. The number of esters is 1. The molecule has 0 aliphatic carbocycles. The van der Waals surface area contributed by atoms with Crippen LogP contribution in [0.4, 0.5) is 15.2 Å². The molecule has 1 heterocycles. The summed E-state index contributed by atoms with van der Waals surface area (Å²) in [6.07, 6.45) is -0.145. The molecule has 0 aliphatic heterocycles. The number of benzene rings is 2. The van der Waals surface area contributed by atoms with Crippen molar-refractivity contribution in [3.63, 3.8) is 0 Å². The third kappa shape index (κ3) is 4.78. The Morgan fingerprint density at radius 2 is 1.83 bits per heavy atom. The predicted molar refractivity (Wildman–Crippen MR) is 108 cm³/mol. The van der Waals surface area contributed by atoms with E-state index in [0.29, 0.717) is 5.69 Å². The van der Waals surface area contributed by atoms with E-state index in [0.717, 1.165) is 11.3 Å². The first-order valence-electron chi connectivity index (χ1n) is 8.59. The van der Waals surface area contributed by atoms with E-state index in [4.69, 9.17) is 0 Å². The molecule has 10 heteroatoms. The van der Waals surface area contributed by atoms with Gasteiger partial charge in [-0.1, -0.05) is 18.2 Å². The molecule has 0 bridgehead atoms. The number of amides is 2. The second-order valence-corrected chi connectivity index (χ2v) is 6.85. The van der Waals surface area contributed by atoms with Crippen LogP contribution in [-0.2, 0) is 16.0 Å². The Kier molecular flexibility index (Phi) is 6.38. The van der Waals surface area contributed by atoms with Crippen LogP contribution in [0.3, 0.4) is 0 Å². The lowest BCUT2D eigenvalue weighted by atomic mass is 10.1. The molecule has 3 rings (SSSR count). The highest BCUT2D eigenvalue weighted by Crippen LogP contribution is 2.28. The second-order valence-electron chi connectivity index (χ2n) is 6.00. The zero-order valence-corrected chi connectivity index (χ0v) is 16.5. The number of thiazole rings is 1. The van der Waals surface area contributed by atoms with Gasteiger partial charge in [-0.2, -0.15) is 0 Å². The van der Waals surface area contributed by atoms with Crippen LogP contribution in [0.1, 0.15) is 26.4 Å². The Balaban J connectivity index is 1.64. The molecule has 8 nitrogen and oxygen atoms in total. The van der Waals surface area contributed by atoms with Crippen molar-refractivity contribution in [3.8, 4) is 5.75 Å². The normalized spacial score (nSPS) is 10.3. The molecule has 0 atom stereocenters. The zero-order valence-electron chi connectivity index (χ0n) is 15.6. The lowest BCUT2D eigenvalue weighted by Crippen LogP contribution is -2.16. The average molecular weight is 429 g/mol. The Morgan fingerprint density at radius 1 is 1.10 bits per heavy atom. The number of hydrogen-bond acceptors (Lipinski definition) is 7. The smallest absolute Gasteiger partial charge is 0.341 e. The lowest BCUT2D eigenvalue weighted by Gasteiger charge is -2.09. The van der Waals surface area contributed by atoms with Gasteiger partial charge in [0.25, 0.3) is 5.91 Å². The molecule has 0 unspecified atom stereocenters. The molecule has 0 radical (unpaired) electrons. The summed E-state index contributed by atoms with van der Waals surface area (Å²) in [6, 6.07) is 9.83. The van der Waals surface area contributed by atoms with E-state index in [9.17, 15) is 23.9 Å². The number of phenolic OH excluding ortho intramolecular Hbond substituents is 1. The van der Waals surface area contributed by atoms with Gasteiger partial charge in [-0.25, -0.2) is 14.2 Å². The lowest BCUT2D eigenvalue weighted by molar-refractivity contribution is -0.115. The molecule has 3 aromatic rings. The quantitative estimate of drug-likeness (QED) is 0.409. The van der Waals surface area contributed by atoms with Crippen molar-refractivity contribution >= 4 is 39.9 Å². The summed E-state index contributed by atoms with van der Waals surface area (Å²) in [5, 5.41) is 16.9. The number of methoxy groups -OCH3 is 1.